The molecule has 0 radical (unpaired) electrons. The van der Waals surface area contributed by atoms with Gasteiger partial charge in [-0.15, -0.1) is 12.4 Å². The molecular weight excluding hydrogens is 335 g/mol. The summed E-state index contributed by atoms with van der Waals surface area (Å²) in [5.74, 6) is -0.970. The van der Waals surface area contributed by atoms with Crippen molar-refractivity contribution in [3.8, 4) is 0 Å². The number of likely N-dealkylation sites (tertiary alicyclic amines) is 1. The molecule has 0 spiro atoms. The number of carboxylic acid groups (broad SMARTS) is 1. The first kappa shape index (κ1) is 18.7. The first-order valence-electron chi connectivity index (χ1n) is 8.01. The van der Waals surface area contributed by atoms with Gasteiger partial charge in [0.1, 0.15) is 5.82 Å². The molecule has 0 aromatic heterocycles. The second-order valence-electron chi connectivity index (χ2n) is 6.59. The average molecular weight is 357 g/mol. The van der Waals surface area contributed by atoms with Gasteiger partial charge in [-0.25, -0.2) is 4.39 Å². The number of carbonyl (C=O) groups is 2. The van der Waals surface area contributed by atoms with E-state index in [1.807, 2.05) is 0 Å². The van der Waals surface area contributed by atoms with E-state index in [9.17, 15) is 19.1 Å². The van der Waals surface area contributed by atoms with Crippen molar-refractivity contribution < 1.29 is 19.1 Å². The van der Waals surface area contributed by atoms with E-state index in [0.717, 1.165) is 25.8 Å². The number of hydrogen-bond acceptors (Lipinski definition) is 3. The number of carboxylic acids is 1. The van der Waals surface area contributed by atoms with Crippen molar-refractivity contribution in [3.05, 3.63) is 30.1 Å². The van der Waals surface area contributed by atoms with Crippen molar-refractivity contribution in [2.75, 3.05) is 25.0 Å². The van der Waals surface area contributed by atoms with Crippen LogP contribution in [0.2, 0.25) is 0 Å². The van der Waals surface area contributed by atoms with Crippen LogP contribution in [0.15, 0.2) is 24.3 Å². The summed E-state index contributed by atoms with van der Waals surface area (Å²) in [5, 5.41) is 12.3. The van der Waals surface area contributed by atoms with Crippen LogP contribution in [-0.4, -0.2) is 41.5 Å². The standard InChI is InChI=1S/C17H21FN2O3.ClH/c18-13-3-5-14(6-4-13)19-15(21)7-9-20-10-12-2-1-8-17(12,11-20)16(22)23;/h3-6,12H,1-2,7-11H2,(H,19,21)(H,22,23);1H/t12-,17+;/m0./s1. The normalized spacial score (nSPS) is 25.8. The zero-order chi connectivity index (χ0) is 16.4. The lowest BCUT2D eigenvalue weighted by Crippen LogP contribution is -2.36. The molecule has 2 fully saturated rings. The molecule has 1 heterocycles. The Bertz CT molecular complexity index is 610. The lowest BCUT2D eigenvalue weighted by molar-refractivity contribution is -0.149. The third-order valence-corrected chi connectivity index (χ3v) is 5.15. The predicted molar refractivity (Wildman–Crippen MR) is 90.7 cm³/mol. The monoisotopic (exact) mass is 356 g/mol. The van der Waals surface area contributed by atoms with Crippen LogP contribution in [0.4, 0.5) is 10.1 Å². The van der Waals surface area contributed by atoms with Crippen LogP contribution in [0.5, 0.6) is 0 Å². The lowest BCUT2D eigenvalue weighted by atomic mass is 9.81. The molecule has 1 aromatic carbocycles. The fourth-order valence-corrected chi connectivity index (χ4v) is 3.93. The van der Waals surface area contributed by atoms with E-state index in [4.69, 9.17) is 0 Å². The first-order chi connectivity index (χ1) is 11.0. The zero-order valence-electron chi connectivity index (χ0n) is 13.3. The summed E-state index contributed by atoms with van der Waals surface area (Å²) in [7, 11) is 0. The van der Waals surface area contributed by atoms with E-state index < -0.39 is 11.4 Å². The molecular formula is C17H22ClFN2O3. The molecule has 24 heavy (non-hydrogen) atoms. The maximum atomic E-state index is 12.8. The Balaban J connectivity index is 0.00000208. The van der Waals surface area contributed by atoms with Gasteiger partial charge in [-0.3, -0.25) is 9.59 Å². The number of fused-ring (bicyclic) bond motifs is 1. The third-order valence-electron chi connectivity index (χ3n) is 5.15. The highest BCUT2D eigenvalue weighted by molar-refractivity contribution is 5.90. The number of nitrogens with one attached hydrogen (secondary N) is 1. The maximum absolute atomic E-state index is 12.8. The van der Waals surface area contributed by atoms with Gasteiger partial charge in [0.05, 0.1) is 5.41 Å². The molecule has 1 aliphatic carbocycles. The van der Waals surface area contributed by atoms with Crippen LogP contribution in [-0.2, 0) is 9.59 Å². The number of aliphatic carboxylic acids is 1. The number of rotatable bonds is 5. The maximum Gasteiger partial charge on any atom is 0.311 e. The SMILES string of the molecule is Cl.O=C(CCN1C[C@@H]2CCC[C@@]2(C(=O)O)C1)Nc1ccc(F)cc1. The number of nitrogens with zero attached hydrogens (tertiary/aromatic N) is 1. The Morgan fingerprint density at radius 2 is 2.04 bits per heavy atom. The molecule has 2 aliphatic rings. The minimum atomic E-state index is -0.696. The largest absolute Gasteiger partial charge is 0.481 e. The van der Waals surface area contributed by atoms with E-state index in [-0.39, 0.29) is 30.0 Å². The van der Waals surface area contributed by atoms with Crippen molar-refractivity contribution >= 4 is 30.0 Å². The van der Waals surface area contributed by atoms with Gasteiger partial charge in [0, 0.05) is 31.7 Å². The van der Waals surface area contributed by atoms with Crippen LogP contribution in [0.25, 0.3) is 0 Å². The summed E-state index contributed by atoms with van der Waals surface area (Å²) in [6, 6.07) is 5.64. The number of hydrogen-bond donors (Lipinski definition) is 2. The third kappa shape index (κ3) is 3.70. The number of amides is 1. The second kappa shape index (κ2) is 7.49. The van der Waals surface area contributed by atoms with E-state index in [1.165, 1.54) is 24.3 Å². The van der Waals surface area contributed by atoms with Gasteiger partial charge in [-0.2, -0.15) is 0 Å². The Labute approximate surface area is 146 Å². The van der Waals surface area contributed by atoms with Gasteiger partial charge >= 0.3 is 5.97 Å². The van der Waals surface area contributed by atoms with Crippen LogP contribution < -0.4 is 5.32 Å². The number of anilines is 1. The van der Waals surface area contributed by atoms with Gasteiger partial charge in [-0.05, 0) is 43.0 Å². The van der Waals surface area contributed by atoms with Crippen molar-refractivity contribution in [3.63, 3.8) is 0 Å². The molecule has 7 heteroatoms. The number of benzene rings is 1. The summed E-state index contributed by atoms with van der Waals surface area (Å²) < 4.78 is 12.8. The van der Waals surface area contributed by atoms with Crippen molar-refractivity contribution in [1.29, 1.82) is 0 Å². The van der Waals surface area contributed by atoms with Crippen LogP contribution in [0.3, 0.4) is 0 Å². The number of halogens is 2. The molecule has 1 aromatic rings. The Morgan fingerprint density at radius 1 is 1.33 bits per heavy atom. The molecule has 2 atom stereocenters. The molecule has 0 unspecified atom stereocenters. The van der Waals surface area contributed by atoms with Gasteiger partial charge < -0.3 is 15.3 Å². The van der Waals surface area contributed by atoms with Crippen molar-refractivity contribution in [1.82, 2.24) is 4.90 Å². The quantitative estimate of drug-likeness (QED) is 0.851. The topological polar surface area (TPSA) is 69.6 Å². The molecule has 1 saturated heterocycles. The highest BCUT2D eigenvalue weighted by Crippen LogP contribution is 2.48. The Kier molecular flexibility index (Phi) is 5.83. The van der Waals surface area contributed by atoms with Gasteiger partial charge in [0.15, 0.2) is 0 Å². The van der Waals surface area contributed by atoms with Crippen molar-refractivity contribution in [2.45, 2.75) is 25.7 Å². The summed E-state index contributed by atoms with van der Waals surface area (Å²) in [5.41, 5.74) is -0.0374. The van der Waals surface area contributed by atoms with E-state index in [2.05, 4.69) is 10.2 Å². The molecule has 0 bridgehead atoms. The second-order valence-corrected chi connectivity index (χ2v) is 6.59. The zero-order valence-corrected chi connectivity index (χ0v) is 14.2. The minimum Gasteiger partial charge on any atom is -0.481 e. The van der Waals surface area contributed by atoms with E-state index in [1.54, 1.807) is 0 Å². The molecule has 5 nitrogen and oxygen atoms in total. The molecule has 3 rings (SSSR count). The summed E-state index contributed by atoms with van der Waals surface area (Å²) in [6.07, 6.45) is 2.99. The summed E-state index contributed by atoms with van der Waals surface area (Å²) in [6.45, 7) is 1.85. The Morgan fingerprint density at radius 3 is 2.67 bits per heavy atom. The predicted octanol–water partition coefficient (Wildman–Crippen LogP) is 2.76. The molecule has 1 amide bonds. The van der Waals surface area contributed by atoms with Crippen LogP contribution in [0, 0.1) is 17.2 Å². The van der Waals surface area contributed by atoms with E-state index >= 15 is 0 Å². The first-order valence-corrected chi connectivity index (χ1v) is 8.01. The number of carbonyl (C=O) groups excluding carboxylic acids is 1. The fraction of sp³-hybridized carbons (Fsp3) is 0.529. The molecule has 1 aliphatic heterocycles. The fourth-order valence-electron chi connectivity index (χ4n) is 3.93. The molecule has 1 saturated carbocycles. The highest BCUT2D eigenvalue weighted by Gasteiger charge is 2.54. The van der Waals surface area contributed by atoms with Crippen LogP contribution in [0.1, 0.15) is 25.7 Å². The van der Waals surface area contributed by atoms with Gasteiger partial charge in [0.25, 0.3) is 0 Å². The highest BCUT2D eigenvalue weighted by atomic mass is 35.5. The summed E-state index contributed by atoms with van der Waals surface area (Å²) in [4.78, 5) is 25.7. The molecule has 132 valence electrons. The lowest BCUT2D eigenvalue weighted by Gasteiger charge is -2.23. The van der Waals surface area contributed by atoms with Gasteiger partial charge in [-0.1, -0.05) is 6.42 Å². The smallest absolute Gasteiger partial charge is 0.311 e. The summed E-state index contributed by atoms with van der Waals surface area (Å²) >= 11 is 0. The van der Waals surface area contributed by atoms with Gasteiger partial charge in [0.2, 0.25) is 5.91 Å². The molecule has 2 N–H and O–H groups in total. The van der Waals surface area contributed by atoms with E-state index in [0.29, 0.717) is 25.2 Å². The minimum absolute atomic E-state index is 0. The Hall–Kier alpha value is -1.66. The van der Waals surface area contributed by atoms with Crippen molar-refractivity contribution in [2.24, 2.45) is 11.3 Å². The van der Waals surface area contributed by atoms with Crippen LogP contribution >= 0.6 is 12.4 Å². The average Bonchev–Trinajstić information content (AvgIpc) is 3.05.